The molecule has 0 atom stereocenters. The Morgan fingerprint density at radius 1 is 1.56 bits per heavy atom. The lowest BCUT2D eigenvalue weighted by Crippen LogP contribution is -2.30. The Morgan fingerprint density at radius 3 is 2.94 bits per heavy atom. The molecule has 0 aliphatic carbocycles. The van der Waals surface area contributed by atoms with Gasteiger partial charge in [-0.1, -0.05) is 0 Å². The van der Waals surface area contributed by atoms with E-state index in [9.17, 15) is 4.79 Å². The average Bonchev–Trinajstić information content (AvgIpc) is 2.29. The quantitative estimate of drug-likeness (QED) is 0.627. The summed E-state index contributed by atoms with van der Waals surface area (Å²) in [6.45, 7) is 6.90. The summed E-state index contributed by atoms with van der Waals surface area (Å²) in [6.07, 6.45) is 1.43. The fourth-order valence-electron chi connectivity index (χ4n) is 1.33. The van der Waals surface area contributed by atoms with Gasteiger partial charge in [0.25, 0.3) is 5.56 Å². The number of hydrogen-bond acceptors (Lipinski definition) is 4. The zero-order valence-corrected chi connectivity index (χ0v) is 11.7. The first-order valence-electron chi connectivity index (χ1n) is 5.26. The summed E-state index contributed by atoms with van der Waals surface area (Å²) in [5.74, 6) is 0.728. The number of anilines is 1. The van der Waals surface area contributed by atoms with Crippen molar-refractivity contribution in [1.82, 2.24) is 9.97 Å². The summed E-state index contributed by atoms with van der Waals surface area (Å²) in [5.41, 5.74) is -0.0968. The van der Waals surface area contributed by atoms with Crippen molar-refractivity contribution in [3.63, 3.8) is 0 Å². The van der Waals surface area contributed by atoms with E-state index in [2.05, 4.69) is 9.97 Å². The SMILES string of the molecule is CCOCCN(CC)c1nc[nH]c(=O)c1I. The van der Waals surface area contributed by atoms with Crippen LogP contribution in [0.15, 0.2) is 11.1 Å². The molecule has 0 fully saturated rings. The summed E-state index contributed by atoms with van der Waals surface area (Å²) in [4.78, 5) is 20.2. The number of hydrogen-bond donors (Lipinski definition) is 1. The third-order valence-electron chi connectivity index (χ3n) is 2.17. The fourth-order valence-corrected chi connectivity index (χ4v) is 1.96. The van der Waals surface area contributed by atoms with Crippen LogP contribution in [0.4, 0.5) is 5.82 Å². The van der Waals surface area contributed by atoms with Gasteiger partial charge >= 0.3 is 0 Å². The highest BCUT2D eigenvalue weighted by molar-refractivity contribution is 14.1. The third-order valence-corrected chi connectivity index (χ3v) is 3.14. The first-order chi connectivity index (χ1) is 7.70. The van der Waals surface area contributed by atoms with Crippen LogP contribution in [-0.2, 0) is 4.74 Å². The standard InChI is InChI=1S/C10H16IN3O2/c1-3-14(5-6-16-4-2)9-8(11)10(15)13-7-12-9/h7H,3-6H2,1-2H3,(H,12,13,15). The zero-order valence-electron chi connectivity index (χ0n) is 9.49. The van der Waals surface area contributed by atoms with Gasteiger partial charge in [0.15, 0.2) is 0 Å². The van der Waals surface area contributed by atoms with Crippen molar-refractivity contribution in [3.8, 4) is 0 Å². The van der Waals surface area contributed by atoms with Crippen molar-refractivity contribution >= 4 is 28.4 Å². The molecule has 0 radical (unpaired) electrons. The maximum Gasteiger partial charge on any atom is 0.266 e. The van der Waals surface area contributed by atoms with Gasteiger partial charge in [0.1, 0.15) is 9.39 Å². The van der Waals surface area contributed by atoms with Crippen molar-refractivity contribution in [1.29, 1.82) is 0 Å². The zero-order chi connectivity index (χ0) is 12.0. The van der Waals surface area contributed by atoms with Gasteiger partial charge in [-0.15, -0.1) is 0 Å². The van der Waals surface area contributed by atoms with E-state index in [1.807, 2.05) is 41.3 Å². The number of aromatic nitrogens is 2. The minimum Gasteiger partial charge on any atom is -0.380 e. The number of rotatable bonds is 6. The second kappa shape index (κ2) is 6.85. The Hall–Kier alpha value is -0.630. The molecule has 0 amide bonds. The molecule has 0 spiro atoms. The second-order valence-corrected chi connectivity index (χ2v) is 4.22. The van der Waals surface area contributed by atoms with Crippen LogP contribution in [0.25, 0.3) is 0 Å². The van der Waals surface area contributed by atoms with Crippen molar-refractivity contribution in [2.24, 2.45) is 0 Å². The molecular weight excluding hydrogens is 321 g/mol. The topological polar surface area (TPSA) is 58.2 Å². The fraction of sp³-hybridized carbons (Fsp3) is 0.600. The largest absolute Gasteiger partial charge is 0.380 e. The highest BCUT2D eigenvalue weighted by Crippen LogP contribution is 2.14. The molecule has 1 heterocycles. The monoisotopic (exact) mass is 337 g/mol. The lowest BCUT2D eigenvalue weighted by atomic mass is 10.4. The van der Waals surface area contributed by atoms with Crippen molar-refractivity contribution in [2.75, 3.05) is 31.2 Å². The molecule has 6 heteroatoms. The molecule has 90 valence electrons. The smallest absolute Gasteiger partial charge is 0.266 e. The number of halogens is 1. The van der Waals surface area contributed by atoms with Gasteiger partial charge in [-0.25, -0.2) is 4.98 Å². The summed E-state index contributed by atoms with van der Waals surface area (Å²) in [5, 5.41) is 0. The molecular formula is C10H16IN3O2. The van der Waals surface area contributed by atoms with Crippen molar-refractivity contribution in [3.05, 3.63) is 20.3 Å². The van der Waals surface area contributed by atoms with E-state index in [1.165, 1.54) is 6.33 Å². The van der Waals surface area contributed by atoms with Crippen LogP contribution in [-0.4, -0.2) is 36.3 Å². The highest BCUT2D eigenvalue weighted by atomic mass is 127. The number of H-pyrrole nitrogens is 1. The number of likely N-dealkylation sites (N-methyl/N-ethyl adjacent to an activating group) is 1. The number of nitrogens with one attached hydrogen (secondary N) is 1. The molecule has 1 N–H and O–H groups in total. The Balaban J connectivity index is 2.78. The highest BCUT2D eigenvalue weighted by Gasteiger charge is 2.11. The van der Waals surface area contributed by atoms with E-state index in [1.54, 1.807) is 0 Å². The van der Waals surface area contributed by atoms with Gasteiger partial charge in [-0.05, 0) is 36.4 Å². The first-order valence-corrected chi connectivity index (χ1v) is 6.34. The number of nitrogens with zero attached hydrogens (tertiary/aromatic N) is 2. The molecule has 16 heavy (non-hydrogen) atoms. The lowest BCUT2D eigenvalue weighted by Gasteiger charge is -2.22. The van der Waals surface area contributed by atoms with Gasteiger partial charge < -0.3 is 14.6 Å². The lowest BCUT2D eigenvalue weighted by molar-refractivity contribution is 0.154. The van der Waals surface area contributed by atoms with E-state index in [0.29, 0.717) is 16.8 Å². The molecule has 0 saturated heterocycles. The van der Waals surface area contributed by atoms with Gasteiger partial charge in [0, 0.05) is 19.7 Å². The Bertz CT molecular complexity index is 381. The molecule has 0 aromatic carbocycles. The Labute approximate surface area is 108 Å². The molecule has 5 nitrogen and oxygen atoms in total. The van der Waals surface area contributed by atoms with E-state index in [4.69, 9.17) is 4.74 Å². The van der Waals surface area contributed by atoms with Crippen LogP contribution in [0.5, 0.6) is 0 Å². The third kappa shape index (κ3) is 3.44. The van der Waals surface area contributed by atoms with Crippen LogP contribution in [0, 0.1) is 3.57 Å². The van der Waals surface area contributed by atoms with Crippen LogP contribution in [0.3, 0.4) is 0 Å². The van der Waals surface area contributed by atoms with E-state index >= 15 is 0 Å². The van der Waals surface area contributed by atoms with Crippen molar-refractivity contribution < 1.29 is 4.74 Å². The first kappa shape index (κ1) is 13.4. The summed E-state index contributed by atoms with van der Waals surface area (Å²) >= 11 is 2.02. The summed E-state index contributed by atoms with van der Waals surface area (Å²) < 4.78 is 5.92. The van der Waals surface area contributed by atoms with Crippen molar-refractivity contribution in [2.45, 2.75) is 13.8 Å². The summed E-state index contributed by atoms with van der Waals surface area (Å²) in [6, 6.07) is 0. The predicted octanol–water partition coefficient (Wildman–Crippen LogP) is 1.24. The van der Waals surface area contributed by atoms with Crippen LogP contribution in [0.2, 0.25) is 0 Å². The molecule has 1 rings (SSSR count). The van der Waals surface area contributed by atoms with E-state index in [-0.39, 0.29) is 5.56 Å². The summed E-state index contributed by atoms with van der Waals surface area (Å²) in [7, 11) is 0. The normalized spacial score (nSPS) is 10.4. The van der Waals surface area contributed by atoms with E-state index in [0.717, 1.165) is 18.9 Å². The molecule has 0 aliphatic rings. The maximum atomic E-state index is 11.4. The minimum absolute atomic E-state index is 0.0968. The molecule has 0 saturated carbocycles. The van der Waals surface area contributed by atoms with Gasteiger partial charge in [0.05, 0.1) is 12.9 Å². The maximum absolute atomic E-state index is 11.4. The molecule has 1 aromatic heterocycles. The molecule has 0 bridgehead atoms. The van der Waals surface area contributed by atoms with Crippen LogP contribution >= 0.6 is 22.6 Å². The predicted molar refractivity (Wildman–Crippen MR) is 72.0 cm³/mol. The molecule has 0 unspecified atom stereocenters. The van der Waals surface area contributed by atoms with Gasteiger partial charge in [0.2, 0.25) is 0 Å². The van der Waals surface area contributed by atoms with E-state index < -0.39 is 0 Å². The molecule has 0 aliphatic heterocycles. The minimum atomic E-state index is -0.0968. The van der Waals surface area contributed by atoms with Crippen LogP contribution in [0.1, 0.15) is 13.8 Å². The number of ether oxygens (including phenoxy) is 1. The molecule has 1 aromatic rings. The van der Waals surface area contributed by atoms with Gasteiger partial charge in [-0.3, -0.25) is 4.79 Å². The average molecular weight is 337 g/mol. The van der Waals surface area contributed by atoms with Crippen LogP contribution < -0.4 is 10.5 Å². The Morgan fingerprint density at radius 2 is 2.31 bits per heavy atom. The number of aromatic amines is 1. The Kier molecular flexibility index (Phi) is 5.75. The van der Waals surface area contributed by atoms with Gasteiger partial charge in [-0.2, -0.15) is 0 Å². The second-order valence-electron chi connectivity index (χ2n) is 3.15.